The van der Waals surface area contributed by atoms with E-state index in [1.807, 2.05) is 13.8 Å². The van der Waals surface area contributed by atoms with Crippen LogP contribution in [0.25, 0.3) is 0 Å². The van der Waals surface area contributed by atoms with Gasteiger partial charge < -0.3 is 19.0 Å². The van der Waals surface area contributed by atoms with Gasteiger partial charge in [0.1, 0.15) is 6.61 Å². The zero-order valence-corrected chi connectivity index (χ0v) is 15.3. The van der Waals surface area contributed by atoms with Gasteiger partial charge in [-0.1, -0.05) is 12.1 Å². The topological polar surface area (TPSA) is 109 Å². The molecule has 0 unspecified atom stereocenters. The summed E-state index contributed by atoms with van der Waals surface area (Å²) >= 11 is 0. The normalized spacial score (nSPS) is 11.4. The van der Waals surface area contributed by atoms with Gasteiger partial charge in [0.15, 0.2) is 0 Å². The fraction of sp³-hybridized carbons (Fsp3) is 0.824. The van der Waals surface area contributed by atoms with Gasteiger partial charge in [0, 0.05) is 19.4 Å². The Bertz CT molecular complexity index is 396. The highest BCUT2D eigenvalue weighted by molar-refractivity contribution is 5.55. The average Bonchev–Trinajstić information content (AvgIpc) is 2.63. The van der Waals surface area contributed by atoms with Crippen LogP contribution < -0.4 is 5.32 Å². The molecule has 0 rings (SSSR count). The average molecular weight is 354 g/mol. The molecule has 0 aliphatic rings. The molecule has 0 bridgehead atoms. The second kappa shape index (κ2) is 17.1. The van der Waals surface area contributed by atoms with Crippen LogP contribution in [0.3, 0.4) is 0 Å². The van der Waals surface area contributed by atoms with Gasteiger partial charge in [-0.05, 0) is 13.3 Å². The van der Waals surface area contributed by atoms with E-state index in [4.69, 9.17) is 29.6 Å². The van der Waals surface area contributed by atoms with Gasteiger partial charge in [0.2, 0.25) is 0 Å². The van der Waals surface area contributed by atoms with Gasteiger partial charge in [-0.15, -0.1) is 0 Å². The number of nitrogens with one attached hydrogen (secondary N) is 1. The third kappa shape index (κ3) is 13.3. The first-order valence-corrected chi connectivity index (χ1v) is 8.56. The van der Waals surface area contributed by atoms with E-state index >= 15 is 0 Å². The first-order chi connectivity index (χ1) is 12.2. The third-order valence-electron chi connectivity index (χ3n) is 3.14. The number of oxime groups is 1. The summed E-state index contributed by atoms with van der Waals surface area (Å²) < 4.78 is 16.6. The molecule has 8 nitrogen and oxygen atoms in total. The lowest BCUT2D eigenvalue weighted by atomic mass is 9.91. The maximum atomic E-state index is 8.64. The van der Waals surface area contributed by atoms with Crippen molar-refractivity contribution < 1.29 is 19.0 Å². The lowest BCUT2D eigenvalue weighted by Crippen LogP contribution is -2.46. The van der Waals surface area contributed by atoms with Crippen molar-refractivity contribution in [1.29, 1.82) is 10.5 Å². The summed E-state index contributed by atoms with van der Waals surface area (Å²) in [5, 5.41) is 24.4. The van der Waals surface area contributed by atoms with Gasteiger partial charge in [-0.3, -0.25) is 5.32 Å². The predicted octanol–water partition coefficient (Wildman–Crippen LogP) is 1.83. The maximum absolute atomic E-state index is 8.64. The fourth-order valence-electron chi connectivity index (χ4n) is 1.88. The SMILES string of the molecule is CC/C=N/OCC(CNCOCC)(COCCC#N)COCCC#N. The van der Waals surface area contributed by atoms with Crippen molar-refractivity contribution in [2.45, 2.75) is 33.1 Å². The molecule has 0 aromatic rings. The number of rotatable bonds is 17. The van der Waals surface area contributed by atoms with Crippen LogP contribution in [-0.2, 0) is 19.0 Å². The molecule has 0 saturated heterocycles. The van der Waals surface area contributed by atoms with Crippen LogP contribution >= 0.6 is 0 Å². The Morgan fingerprint density at radius 2 is 1.64 bits per heavy atom. The summed E-state index contributed by atoms with van der Waals surface area (Å²) in [5.41, 5.74) is -0.493. The third-order valence-corrected chi connectivity index (χ3v) is 3.14. The predicted molar refractivity (Wildman–Crippen MR) is 93.8 cm³/mol. The highest BCUT2D eigenvalue weighted by Crippen LogP contribution is 2.19. The Hall–Kier alpha value is -1.71. The molecule has 0 atom stereocenters. The number of hydrogen-bond donors (Lipinski definition) is 1. The van der Waals surface area contributed by atoms with E-state index < -0.39 is 5.41 Å². The van der Waals surface area contributed by atoms with Gasteiger partial charge in [0.05, 0.1) is 63.6 Å². The second-order valence-electron chi connectivity index (χ2n) is 5.45. The molecule has 8 heteroatoms. The molecule has 0 aliphatic carbocycles. The van der Waals surface area contributed by atoms with Crippen LogP contribution in [0, 0.1) is 28.1 Å². The van der Waals surface area contributed by atoms with Crippen LogP contribution in [0.2, 0.25) is 0 Å². The van der Waals surface area contributed by atoms with Crippen LogP contribution in [0.1, 0.15) is 33.1 Å². The Kier molecular flexibility index (Phi) is 16.0. The van der Waals surface area contributed by atoms with E-state index in [-0.39, 0.29) is 0 Å². The summed E-state index contributed by atoms with van der Waals surface area (Å²) in [7, 11) is 0. The number of nitrogens with zero attached hydrogens (tertiary/aromatic N) is 3. The van der Waals surface area contributed by atoms with Gasteiger partial charge in [-0.2, -0.15) is 10.5 Å². The minimum atomic E-state index is -0.493. The molecular weight excluding hydrogens is 324 g/mol. The highest BCUT2D eigenvalue weighted by Gasteiger charge is 2.32. The van der Waals surface area contributed by atoms with Crippen LogP contribution in [0.15, 0.2) is 5.16 Å². The van der Waals surface area contributed by atoms with E-state index in [9.17, 15) is 0 Å². The zero-order valence-electron chi connectivity index (χ0n) is 15.3. The molecule has 142 valence electrons. The van der Waals surface area contributed by atoms with Crippen LogP contribution in [-0.4, -0.2) is 59.1 Å². The smallest absolute Gasteiger partial charge is 0.128 e. The number of nitriles is 2. The van der Waals surface area contributed by atoms with Crippen LogP contribution in [0.5, 0.6) is 0 Å². The van der Waals surface area contributed by atoms with E-state index in [0.717, 1.165) is 6.42 Å². The Morgan fingerprint density at radius 3 is 2.16 bits per heavy atom. The molecule has 0 amide bonds. The van der Waals surface area contributed by atoms with Gasteiger partial charge in [0.25, 0.3) is 0 Å². The molecule has 0 fully saturated rings. The summed E-state index contributed by atoms with van der Waals surface area (Å²) in [5.74, 6) is 0. The quantitative estimate of drug-likeness (QED) is 0.184. The summed E-state index contributed by atoms with van der Waals surface area (Å²) in [4.78, 5) is 5.41. The van der Waals surface area contributed by atoms with E-state index in [1.54, 1.807) is 6.21 Å². The van der Waals surface area contributed by atoms with Crippen molar-refractivity contribution in [1.82, 2.24) is 5.32 Å². The second-order valence-corrected chi connectivity index (χ2v) is 5.45. The molecule has 0 aliphatic heterocycles. The van der Waals surface area contributed by atoms with Gasteiger partial charge in [-0.25, -0.2) is 0 Å². The summed E-state index contributed by atoms with van der Waals surface area (Å²) in [6.07, 6.45) is 3.12. The van der Waals surface area contributed by atoms with E-state index in [2.05, 4.69) is 22.6 Å². The lowest BCUT2D eigenvalue weighted by Gasteiger charge is -2.32. The molecule has 0 spiro atoms. The Labute approximate surface area is 150 Å². The van der Waals surface area contributed by atoms with Crippen molar-refractivity contribution in [3.05, 3.63) is 0 Å². The minimum absolute atomic E-state index is 0.293. The maximum Gasteiger partial charge on any atom is 0.128 e. The van der Waals surface area contributed by atoms with Crippen molar-refractivity contribution in [3.8, 4) is 12.1 Å². The molecular formula is C17H30N4O4. The molecule has 0 aromatic heterocycles. The van der Waals surface area contributed by atoms with Crippen molar-refractivity contribution in [2.75, 3.05) is 52.9 Å². The molecule has 0 saturated carbocycles. The largest absolute Gasteiger partial charge is 0.395 e. The highest BCUT2D eigenvalue weighted by atomic mass is 16.6. The first-order valence-electron chi connectivity index (χ1n) is 8.56. The van der Waals surface area contributed by atoms with Crippen LogP contribution in [0.4, 0.5) is 0 Å². The summed E-state index contributed by atoms with van der Waals surface area (Å²) in [6.45, 7) is 7.15. The van der Waals surface area contributed by atoms with Crippen molar-refractivity contribution in [2.24, 2.45) is 10.6 Å². The number of hydrogen-bond acceptors (Lipinski definition) is 8. The monoisotopic (exact) mass is 354 g/mol. The minimum Gasteiger partial charge on any atom is -0.395 e. The molecule has 25 heavy (non-hydrogen) atoms. The Balaban J connectivity index is 4.77. The molecule has 0 radical (unpaired) electrons. The van der Waals surface area contributed by atoms with E-state index in [1.165, 1.54) is 0 Å². The molecule has 1 N–H and O–H groups in total. The van der Waals surface area contributed by atoms with Crippen molar-refractivity contribution in [3.63, 3.8) is 0 Å². The molecule has 0 aromatic carbocycles. The first kappa shape index (κ1) is 23.3. The fourth-order valence-corrected chi connectivity index (χ4v) is 1.88. The zero-order chi connectivity index (χ0) is 18.6. The lowest BCUT2D eigenvalue weighted by molar-refractivity contribution is -0.0693. The Morgan fingerprint density at radius 1 is 1.00 bits per heavy atom. The van der Waals surface area contributed by atoms with E-state index in [0.29, 0.717) is 65.8 Å². The molecule has 0 heterocycles. The number of ether oxygens (including phenoxy) is 3. The van der Waals surface area contributed by atoms with Crippen molar-refractivity contribution >= 4 is 6.21 Å². The van der Waals surface area contributed by atoms with Gasteiger partial charge >= 0.3 is 0 Å². The standard InChI is InChI=1S/C17H30N4O4/c1-3-9-21-25-15-17(12-20-16-22-4-2,13-23-10-5-7-18)14-24-11-6-8-19/h9,20H,3-6,10-16H2,1-2H3/b21-9+. The summed E-state index contributed by atoms with van der Waals surface area (Å²) in [6, 6.07) is 4.10.